The lowest BCUT2D eigenvalue weighted by Gasteiger charge is -2.24. The first-order valence-electron chi connectivity index (χ1n) is 4.69. The van der Waals surface area contributed by atoms with Gasteiger partial charge >= 0.3 is 11.9 Å². The van der Waals surface area contributed by atoms with E-state index >= 15 is 0 Å². The number of carbonyl (C=O) groups is 2. The fraction of sp³-hybridized carbons (Fsp3) is 0.778. The lowest BCUT2D eigenvalue weighted by Crippen LogP contribution is -2.43. The summed E-state index contributed by atoms with van der Waals surface area (Å²) in [4.78, 5) is 21.3. The average molecular weight is 199 g/mol. The van der Waals surface area contributed by atoms with Gasteiger partial charge in [-0.15, -0.1) is 0 Å². The molecular formula is C9H13NO4. The van der Waals surface area contributed by atoms with Crippen LogP contribution in [0.15, 0.2) is 0 Å². The molecule has 0 aliphatic heterocycles. The first-order chi connectivity index (χ1) is 6.46. The van der Waals surface area contributed by atoms with Crippen LogP contribution in [0.25, 0.3) is 0 Å². The second kappa shape index (κ2) is 2.70. The molecule has 0 bridgehead atoms. The van der Waals surface area contributed by atoms with E-state index in [-0.39, 0.29) is 18.3 Å². The summed E-state index contributed by atoms with van der Waals surface area (Å²) in [7, 11) is 0. The lowest BCUT2D eigenvalue weighted by molar-refractivity contribution is -0.142. The SMILES string of the molecule is N[C@@]1(CC(=O)O)CC[C@H]2[C@H](C(=O)O)[C@H]21. The van der Waals surface area contributed by atoms with Crippen molar-refractivity contribution in [2.75, 3.05) is 0 Å². The highest BCUT2D eigenvalue weighted by Crippen LogP contribution is 2.62. The van der Waals surface area contributed by atoms with Crippen molar-refractivity contribution in [2.45, 2.75) is 24.8 Å². The summed E-state index contributed by atoms with van der Waals surface area (Å²) in [5.74, 6) is -2.16. The number of carboxylic acids is 2. The molecule has 0 unspecified atom stereocenters. The van der Waals surface area contributed by atoms with Gasteiger partial charge in [-0.3, -0.25) is 9.59 Å². The number of nitrogens with two attached hydrogens (primary N) is 1. The summed E-state index contributed by atoms with van der Waals surface area (Å²) < 4.78 is 0. The predicted octanol–water partition coefficient (Wildman–Crippen LogP) is -0.101. The van der Waals surface area contributed by atoms with Gasteiger partial charge in [0.2, 0.25) is 0 Å². The van der Waals surface area contributed by atoms with Crippen LogP contribution in [0.5, 0.6) is 0 Å². The summed E-state index contributed by atoms with van der Waals surface area (Å²) in [6.07, 6.45) is 1.28. The third kappa shape index (κ3) is 1.19. The van der Waals surface area contributed by atoms with E-state index in [1.54, 1.807) is 0 Å². The molecule has 0 saturated heterocycles. The van der Waals surface area contributed by atoms with Gasteiger partial charge in [-0.1, -0.05) is 0 Å². The molecule has 0 heterocycles. The number of hydrogen-bond acceptors (Lipinski definition) is 3. The van der Waals surface area contributed by atoms with Crippen LogP contribution in [-0.2, 0) is 9.59 Å². The van der Waals surface area contributed by atoms with E-state index in [4.69, 9.17) is 15.9 Å². The molecule has 78 valence electrons. The fourth-order valence-corrected chi connectivity index (χ4v) is 2.94. The standard InChI is InChI=1S/C9H13NO4/c10-9(3-5(11)12)2-1-4-6(7(4)9)8(13)14/h4,6-7H,1-3,10H2,(H,11,12)(H,13,14)/t4-,6-,7-,9+/m0/s1. The maximum atomic E-state index is 10.7. The average Bonchev–Trinajstić information content (AvgIpc) is 2.66. The van der Waals surface area contributed by atoms with Crippen molar-refractivity contribution < 1.29 is 19.8 Å². The van der Waals surface area contributed by atoms with E-state index in [0.29, 0.717) is 6.42 Å². The molecule has 2 saturated carbocycles. The van der Waals surface area contributed by atoms with Crippen LogP contribution in [-0.4, -0.2) is 27.7 Å². The molecule has 0 aromatic carbocycles. The van der Waals surface area contributed by atoms with E-state index in [0.717, 1.165) is 6.42 Å². The maximum Gasteiger partial charge on any atom is 0.307 e. The minimum Gasteiger partial charge on any atom is -0.481 e. The van der Waals surface area contributed by atoms with E-state index in [1.165, 1.54) is 0 Å². The third-order valence-corrected chi connectivity index (χ3v) is 3.54. The molecule has 0 aromatic rings. The van der Waals surface area contributed by atoms with Crippen LogP contribution in [0.3, 0.4) is 0 Å². The molecule has 14 heavy (non-hydrogen) atoms. The number of rotatable bonds is 3. The monoisotopic (exact) mass is 199 g/mol. The van der Waals surface area contributed by atoms with Crippen molar-refractivity contribution in [3.8, 4) is 0 Å². The van der Waals surface area contributed by atoms with E-state index < -0.39 is 23.4 Å². The lowest BCUT2D eigenvalue weighted by atomic mass is 9.88. The smallest absolute Gasteiger partial charge is 0.307 e. The van der Waals surface area contributed by atoms with E-state index in [2.05, 4.69) is 0 Å². The number of fused-ring (bicyclic) bond motifs is 1. The van der Waals surface area contributed by atoms with Gasteiger partial charge in [0, 0.05) is 5.54 Å². The number of carboxylic acid groups (broad SMARTS) is 2. The molecule has 2 rings (SSSR count). The van der Waals surface area contributed by atoms with Crippen LogP contribution in [0.4, 0.5) is 0 Å². The van der Waals surface area contributed by atoms with Gasteiger partial charge in [0.25, 0.3) is 0 Å². The highest BCUT2D eigenvalue weighted by molar-refractivity contribution is 5.76. The van der Waals surface area contributed by atoms with Crippen molar-refractivity contribution in [3.05, 3.63) is 0 Å². The molecule has 0 spiro atoms. The summed E-state index contributed by atoms with van der Waals surface area (Å²) in [6, 6.07) is 0. The second-order valence-electron chi connectivity index (χ2n) is 4.40. The molecule has 2 aliphatic carbocycles. The fourth-order valence-electron chi connectivity index (χ4n) is 2.94. The quantitative estimate of drug-likeness (QED) is 0.589. The Kier molecular flexibility index (Phi) is 1.82. The van der Waals surface area contributed by atoms with E-state index in [9.17, 15) is 9.59 Å². The van der Waals surface area contributed by atoms with Gasteiger partial charge in [-0.25, -0.2) is 0 Å². The summed E-state index contributed by atoms with van der Waals surface area (Å²) in [5.41, 5.74) is 5.15. The second-order valence-corrected chi connectivity index (χ2v) is 4.40. The predicted molar refractivity (Wildman–Crippen MR) is 46.5 cm³/mol. The Morgan fingerprint density at radius 1 is 1.43 bits per heavy atom. The Morgan fingerprint density at radius 2 is 2.07 bits per heavy atom. The topological polar surface area (TPSA) is 101 Å². The van der Waals surface area contributed by atoms with Gasteiger partial charge in [-0.05, 0) is 24.7 Å². The molecule has 2 fully saturated rings. The van der Waals surface area contributed by atoms with Gasteiger partial charge in [0.1, 0.15) is 0 Å². The number of aliphatic carboxylic acids is 2. The van der Waals surface area contributed by atoms with Crippen molar-refractivity contribution in [3.63, 3.8) is 0 Å². The molecule has 5 heteroatoms. The zero-order valence-electron chi connectivity index (χ0n) is 7.64. The first-order valence-corrected chi connectivity index (χ1v) is 4.69. The maximum absolute atomic E-state index is 10.7. The Balaban J connectivity index is 2.09. The molecular weight excluding hydrogens is 186 g/mol. The molecule has 0 amide bonds. The molecule has 0 radical (unpaired) electrons. The minimum absolute atomic E-state index is 0.113. The Labute approximate surface area is 80.9 Å². The van der Waals surface area contributed by atoms with Crippen LogP contribution in [0.1, 0.15) is 19.3 Å². The Bertz CT molecular complexity index is 303. The van der Waals surface area contributed by atoms with Crippen molar-refractivity contribution in [1.82, 2.24) is 0 Å². The van der Waals surface area contributed by atoms with Crippen LogP contribution in [0.2, 0.25) is 0 Å². The van der Waals surface area contributed by atoms with Crippen molar-refractivity contribution in [1.29, 1.82) is 0 Å². The Hall–Kier alpha value is -1.10. The zero-order chi connectivity index (χ0) is 10.5. The molecule has 0 aromatic heterocycles. The van der Waals surface area contributed by atoms with Gasteiger partial charge < -0.3 is 15.9 Å². The summed E-state index contributed by atoms with van der Waals surface area (Å²) in [6.45, 7) is 0. The summed E-state index contributed by atoms with van der Waals surface area (Å²) in [5, 5.41) is 17.5. The highest BCUT2D eigenvalue weighted by atomic mass is 16.4. The van der Waals surface area contributed by atoms with Crippen LogP contribution >= 0.6 is 0 Å². The third-order valence-electron chi connectivity index (χ3n) is 3.54. The molecule has 5 nitrogen and oxygen atoms in total. The number of hydrogen-bond donors (Lipinski definition) is 3. The van der Waals surface area contributed by atoms with Gasteiger partial charge in [0.15, 0.2) is 0 Å². The van der Waals surface area contributed by atoms with Crippen LogP contribution in [0, 0.1) is 17.8 Å². The Morgan fingerprint density at radius 3 is 2.50 bits per heavy atom. The van der Waals surface area contributed by atoms with Crippen molar-refractivity contribution >= 4 is 11.9 Å². The highest BCUT2D eigenvalue weighted by Gasteiger charge is 2.67. The molecule has 2 aliphatic rings. The van der Waals surface area contributed by atoms with E-state index in [1.807, 2.05) is 0 Å². The molecule has 4 N–H and O–H groups in total. The molecule has 4 atom stereocenters. The van der Waals surface area contributed by atoms with Gasteiger partial charge in [0.05, 0.1) is 12.3 Å². The first kappa shape index (κ1) is 9.45. The largest absolute Gasteiger partial charge is 0.481 e. The zero-order valence-corrected chi connectivity index (χ0v) is 7.64. The minimum atomic E-state index is -0.941. The van der Waals surface area contributed by atoms with Gasteiger partial charge in [-0.2, -0.15) is 0 Å². The normalized spacial score (nSPS) is 44.5. The van der Waals surface area contributed by atoms with Crippen molar-refractivity contribution in [2.24, 2.45) is 23.5 Å². The summed E-state index contributed by atoms with van der Waals surface area (Å²) >= 11 is 0. The van der Waals surface area contributed by atoms with Crippen LogP contribution < -0.4 is 5.73 Å².